The molecule has 0 heterocycles. The molecule has 0 amide bonds. The third kappa shape index (κ3) is 4.43. The predicted octanol–water partition coefficient (Wildman–Crippen LogP) is 2.38. The van der Waals surface area contributed by atoms with Crippen molar-refractivity contribution in [3.8, 4) is 0 Å². The zero-order chi connectivity index (χ0) is 10.2. The largest absolute Gasteiger partial charge is 0.330 e. The molecule has 0 aromatic carbocycles. The highest BCUT2D eigenvalue weighted by molar-refractivity contribution is 4.77. The Morgan fingerprint density at radius 3 is 2.29 bits per heavy atom. The predicted molar refractivity (Wildman–Crippen MR) is 62.4 cm³/mol. The molecule has 0 spiro atoms. The van der Waals surface area contributed by atoms with Crippen LogP contribution in [-0.2, 0) is 0 Å². The smallest absolute Gasteiger partial charge is 0.00922 e. The van der Waals surface area contributed by atoms with Gasteiger partial charge in [0.2, 0.25) is 0 Å². The van der Waals surface area contributed by atoms with E-state index in [1.54, 1.807) is 0 Å². The van der Waals surface area contributed by atoms with Crippen LogP contribution in [0.1, 0.15) is 51.4 Å². The molecule has 0 aromatic rings. The van der Waals surface area contributed by atoms with Gasteiger partial charge in [0.15, 0.2) is 0 Å². The minimum atomic E-state index is 0.863. The lowest BCUT2D eigenvalue weighted by atomic mass is 9.92. The molecule has 0 aliphatic heterocycles. The monoisotopic (exact) mass is 198 g/mol. The maximum Gasteiger partial charge on any atom is 0.00922 e. The van der Waals surface area contributed by atoms with E-state index in [4.69, 9.17) is 5.73 Å². The second kappa shape index (κ2) is 7.24. The normalized spacial score (nSPS) is 17.4. The average Bonchev–Trinajstić information content (AvgIpc) is 2.08. The van der Waals surface area contributed by atoms with Crippen LogP contribution in [0.2, 0.25) is 0 Å². The second-order valence-corrected chi connectivity index (χ2v) is 4.62. The first-order chi connectivity index (χ1) is 6.84. The first kappa shape index (κ1) is 12.0. The Labute approximate surface area is 88.8 Å². The fourth-order valence-electron chi connectivity index (χ4n) is 2.05. The Balaban J connectivity index is 1.82. The molecule has 0 bridgehead atoms. The highest BCUT2D eigenvalue weighted by Crippen LogP contribution is 2.23. The quantitative estimate of drug-likeness (QED) is 0.607. The van der Waals surface area contributed by atoms with Crippen molar-refractivity contribution in [2.24, 2.45) is 5.73 Å². The van der Waals surface area contributed by atoms with Crippen molar-refractivity contribution in [2.75, 3.05) is 20.1 Å². The molecule has 0 unspecified atom stereocenters. The highest BCUT2D eigenvalue weighted by Gasteiger charge is 2.20. The highest BCUT2D eigenvalue weighted by atomic mass is 15.1. The van der Waals surface area contributed by atoms with Crippen LogP contribution < -0.4 is 5.73 Å². The minimum Gasteiger partial charge on any atom is -0.330 e. The van der Waals surface area contributed by atoms with Crippen LogP contribution in [0.4, 0.5) is 0 Å². The number of hydrogen-bond donors (Lipinski definition) is 1. The third-order valence-electron chi connectivity index (χ3n) is 3.41. The zero-order valence-corrected chi connectivity index (χ0v) is 9.67. The van der Waals surface area contributed by atoms with Crippen LogP contribution in [0.25, 0.3) is 0 Å². The molecule has 0 radical (unpaired) electrons. The summed E-state index contributed by atoms with van der Waals surface area (Å²) in [5, 5.41) is 0. The summed E-state index contributed by atoms with van der Waals surface area (Å²) in [6, 6.07) is 0.916. The minimum absolute atomic E-state index is 0.863. The molecule has 14 heavy (non-hydrogen) atoms. The van der Waals surface area contributed by atoms with Crippen LogP contribution in [0, 0.1) is 0 Å². The van der Waals surface area contributed by atoms with Crippen LogP contribution in [-0.4, -0.2) is 31.1 Å². The lowest BCUT2D eigenvalue weighted by molar-refractivity contribution is 0.157. The van der Waals surface area contributed by atoms with E-state index in [1.807, 2.05) is 0 Å². The molecule has 0 saturated heterocycles. The van der Waals surface area contributed by atoms with E-state index >= 15 is 0 Å². The van der Waals surface area contributed by atoms with Gasteiger partial charge in [0.25, 0.3) is 0 Å². The Hall–Kier alpha value is -0.0800. The van der Waals surface area contributed by atoms with Gasteiger partial charge in [0.05, 0.1) is 0 Å². The molecule has 1 saturated carbocycles. The number of unbranched alkanes of at least 4 members (excludes halogenated alkanes) is 4. The van der Waals surface area contributed by atoms with Gasteiger partial charge >= 0.3 is 0 Å². The fraction of sp³-hybridized carbons (Fsp3) is 1.00. The molecule has 1 rings (SSSR count). The molecular formula is C12H26N2. The number of rotatable bonds is 8. The summed E-state index contributed by atoms with van der Waals surface area (Å²) < 4.78 is 0. The van der Waals surface area contributed by atoms with Crippen molar-refractivity contribution in [3.63, 3.8) is 0 Å². The van der Waals surface area contributed by atoms with Crippen LogP contribution in [0.5, 0.6) is 0 Å². The van der Waals surface area contributed by atoms with Crippen molar-refractivity contribution < 1.29 is 0 Å². The summed E-state index contributed by atoms with van der Waals surface area (Å²) >= 11 is 0. The molecule has 2 nitrogen and oxygen atoms in total. The summed E-state index contributed by atoms with van der Waals surface area (Å²) in [4.78, 5) is 2.55. The average molecular weight is 198 g/mol. The van der Waals surface area contributed by atoms with E-state index in [-0.39, 0.29) is 0 Å². The van der Waals surface area contributed by atoms with Crippen molar-refractivity contribution >= 4 is 0 Å². The summed E-state index contributed by atoms with van der Waals surface area (Å²) in [5.74, 6) is 0. The standard InChI is InChI=1S/C12H26N2/c1-14(12-8-7-9-12)11-6-4-2-3-5-10-13/h12H,2-11,13H2,1H3. The van der Waals surface area contributed by atoms with Crippen molar-refractivity contribution in [1.29, 1.82) is 0 Å². The maximum atomic E-state index is 5.45. The van der Waals surface area contributed by atoms with Gasteiger partial charge in [0, 0.05) is 6.04 Å². The van der Waals surface area contributed by atoms with Crippen LogP contribution >= 0.6 is 0 Å². The van der Waals surface area contributed by atoms with Gasteiger partial charge in [-0.3, -0.25) is 0 Å². The van der Waals surface area contributed by atoms with E-state index in [9.17, 15) is 0 Å². The molecule has 2 N–H and O–H groups in total. The summed E-state index contributed by atoms with van der Waals surface area (Å²) in [7, 11) is 2.28. The van der Waals surface area contributed by atoms with E-state index in [2.05, 4.69) is 11.9 Å². The first-order valence-corrected chi connectivity index (χ1v) is 6.25. The lowest BCUT2D eigenvalue weighted by Gasteiger charge is -2.34. The maximum absolute atomic E-state index is 5.45. The second-order valence-electron chi connectivity index (χ2n) is 4.62. The fourth-order valence-corrected chi connectivity index (χ4v) is 2.05. The van der Waals surface area contributed by atoms with Crippen molar-refractivity contribution in [2.45, 2.75) is 57.4 Å². The zero-order valence-electron chi connectivity index (χ0n) is 9.67. The molecule has 1 aliphatic rings. The van der Waals surface area contributed by atoms with E-state index in [1.165, 1.54) is 57.9 Å². The SMILES string of the molecule is CN(CCCCCCCN)C1CCC1. The van der Waals surface area contributed by atoms with Gasteiger partial charge in [0.1, 0.15) is 0 Å². The molecule has 84 valence electrons. The topological polar surface area (TPSA) is 29.3 Å². The molecule has 1 aliphatic carbocycles. The van der Waals surface area contributed by atoms with Crippen LogP contribution in [0.3, 0.4) is 0 Å². The van der Waals surface area contributed by atoms with Gasteiger partial charge in [-0.05, 0) is 45.8 Å². The summed E-state index contributed by atoms with van der Waals surface area (Å²) in [6.07, 6.45) is 11.0. The summed E-state index contributed by atoms with van der Waals surface area (Å²) in [5.41, 5.74) is 5.45. The Morgan fingerprint density at radius 1 is 1.07 bits per heavy atom. The van der Waals surface area contributed by atoms with Gasteiger partial charge < -0.3 is 10.6 Å². The molecule has 2 heteroatoms. The van der Waals surface area contributed by atoms with Crippen molar-refractivity contribution in [3.05, 3.63) is 0 Å². The Kier molecular flexibility index (Phi) is 6.20. The Bertz CT molecular complexity index is 132. The molecule has 0 aromatic heterocycles. The van der Waals surface area contributed by atoms with Gasteiger partial charge in [-0.15, -0.1) is 0 Å². The van der Waals surface area contributed by atoms with Gasteiger partial charge in [-0.2, -0.15) is 0 Å². The van der Waals surface area contributed by atoms with E-state index in [0.717, 1.165) is 12.6 Å². The van der Waals surface area contributed by atoms with Gasteiger partial charge in [-0.25, -0.2) is 0 Å². The summed E-state index contributed by atoms with van der Waals surface area (Å²) in [6.45, 7) is 2.16. The molecular weight excluding hydrogens is 172 g/mol. The first-order valence-electron chi connectivity index (χ1n) is 6.25. The Morgan fingerprint density at radius 2 is 1.71 bits per heavy atom. The number of nitrogens with two attached hydrogens (primary N) is 1. The number of hydrogen-bond acceptors (Lipinski definition) is 2. The number of nitrogens with zero attached hydrogens (tertiary/aromatic N) is 1. The van der Waals surface area contributed by atoms with E-state index < -0.39 is 0 Å². The third-order valence-corrected chi connectivity index (χ3v) is 3.41. The van der Waals surface area contributed by atoms with Gasteiger partial charge in [-0.1, -0.05) is 25.7 Å². The van der Waals surface area contributed by atoms with E-state index in [0.29, 0.717) is 0 Å². The van der Waals surface area contributed by atoms with Crippen molar-refractivity contribution in [1.82, 2.24) is 4.90 Å². The molecule has 1 fully saturated rings. The molecule has 0 atom stereocenters. The van der Waals surface area contributed by atoms with Crippen LogP contribution in [0.15, 0.2) is 0 Å². The lowest BCUT2D eigenvalue weighted by Crippen LogP contribution is -2.37.